The molecule has 20 heavy (non-hydrogen) atoms. The lowest BCUT2D eigenvalue weighted by molar-refractivity contribution is -0.646. The third-order valence-electron chi connectivity index (χ3n) is 3.32. The lowest BCUT2D eigenvalue weighted by atomic mass is 10.1. The average Bonchev–Trinajstić information content (AvgIpc) is 2.78. The van der Waals surface area contributed by atoms with Crippen LogP contribution in [0, 0.1) is 0 Å². The fraction of sp³-hybridized carbons (Fsp3) is 0.200. The van der Waals surface area contributed by atoms with Crippen LogP contribution >= 0.6 is 0 Å². The van der Waals surface area contributed by atoms with Crippen molar-refractivity contribution in [3.63, 3.8) is 0 Å². The first-order valence-electron chi connectivity index (χ1n) is 6.35. The molecule has 0 aliphatic carbocycles. The number of fused-ring (bicyclic) bond motifs is 1. The summed E-state index contributed by atoms with van der Waals surface area (Å²) in [5.74, 6) is 1.54. The molecule has 0 bridgehead atoms. The van der Waals surface area contributed by atoms with Crippen molar-refractivity contribution in [2.45, 2.75) is 6.42 Å². The smallest absolute Gasteiger partial charge is 0.403 e. The molecule has 0 atom stereocenters. The summed E-state index contributed by atoms with van der Waals surface area (Å²) in [7, 11) is 3.53. The molecule has 0 amide bonds. The molecule has 3 rings (SSSR count). The summed E-state index contributed by atoms with van der Waals surface area (Å²) >= 11 is 0. The van der Waals surface area contributed by atoms with Gasteiger partial charge in [0.1, 0.15) is 18.1 Å². The summed E-state index contributed by atoms with van der Waals surface area (Å²) in [5.41, 5.74) is 2.20. The van der Waals surface area contributed by atoms with Gasteiger partial charge in [0.2, 0.25) is 0 Å². The number of ether oxygens (including phenoxy) is 1. The summed E-state index contributed by atoms with van der Waals surface area (Å²) in [6.07, 6.45) is 6.57. The number of aromatic nitrogens is 3. The van der Waals surface area contributed by atoms with Gasteiger partial charge in [-0.25, -0.2) is 8.97 Å². The predicted molar refractivity (Wildman–Crippen MR) is 73.8 cm³/mol. The van der Waals surface area contributed by atoms with E-state index in [1.54, 1.807) is 19.4 Å². The predicted octanol–water partition coefficient (Wildman–Crippen LogP) is 1.46. The van der Waals surface area contributed by atoms with Crippen LogP contribution in [0.4, 0.5) is 0 Å². The Morgan fingerprint density at radius 2 is 2.25 bits per heavy atom. The number of aromatic hydroxyl groups is 1. The Morgan fingerprint density at radius 1 is 1.40 bits per heavy atom. The number of hydrogen-bond donors (Lipinski definition) is 1. The molecule has 0 radical (unpaired) electrons. The van der Waals surface area contributed by atoms with Crippen molar-refractivity contribution in [1.82, 2.24) is 9.38 Å². The van der Waals surface area contributed by atoms with Crippen LogP contribution in [0.5, 0.6) is 11.5 Å². The lowest BCUT2D eigenvalue weighted by Crippen LogP contribution is -2.26. The third kappa shape index (κ3) is 2.07. The van der Waals surface area contributed by atoms with Crippen LogP contribution in [0.15, 0.2) is 42.9 Å². The summed E-state index contributed by atoms with van der Waals surface area (Å²) in [5, 5.41) is 9.63. The zero-order valence-corrected chi connectivity index (χ0v) is 11.4. The van der Waals surface area contributed by atoms with Crippen LogP contribution in [0.2, 0.25) is 0 Å². The van der Waals surface area contributed by atoms with Crippen molar-refractivity contribution in [2.75, 3.05) is 7.11 Å². The fourth-order valence-electron chi connectivity index (χ4n) is 2.36. The number of phenolic OH excluding ortho intramolecular Hbond substituents is 1. The van der Waals surface area contributed by atoms with Gasteiger partial charge in [-0.2, -0.15) is 0 Å². The van der Waals surface area contributed by atoms with E-state index in [0.717, 1.165) is 23.5 Å². The molecule has 1 N–H and O–H groups in total. The van der Waals surface area contributed by atoms with Gasteiger partial charge in [0.05, 0.1) is 20.4 Å². The second-order valence-electron chi connectivity index (χ2n) is 4.70. The Bertz CT molecular complexity index is 765. The zero-order valence-electron chi connectivity index (χ0n) is 11.4. The Labute approximate surface area is 116 Å². The number of imidazole rings is 1. The van der Waals surface area contributed by atoms with Crippen molar-refractivity contribution in [1.29, 1.82) is 0 Å². The zero-order chi connectivity index (χ0) is 14.1. The van der Waals surface area contributed by atoms with E-state index in [2.05, 4.69) is 15.6 Å². The molecule has 0 saturated heterocycles. The van der Waals surface area contributed by atoms with Gasteiger partial charge in [-0.3, -0.25) is 0 Å². The molecule has 3 aromatic rings. The fourth-order valence-corrected chi connectivity index (χ4v) is 2.36. The van der Waals surface area contributed by atoms with Crippen molar-refractivity contribution in [3.05, 3.63) is 54.1 Å². The molecule has 5 heteroatoms. The van der Waals surface area contributed by atoms with E-state index in [1.807, 2.05) is 36.0 Å². The van der Waals surface area contributed by atoms with Crippen molar-refractivity contribution in [3.8, 4) is 11.5 Å². The minimum Gasteiger partial charge on any atom is -0.504 e. The Balaban J connectivity index is 2.01. The van der Waals surface area contributed by atoms with E-state index in [4.69, 9.17) is 4.74 Å². The summed E-state index contributed by atoms with van der Waals surface area (Å²) in [6.45, 7) is 0. The molecule has 0 aliphatic heterocycles. The van der Waals surface area contributed by atoms with Gasteiger partial charge in [0.15, 0.2) is 11.5 Å². The van der Waals surface area contributed by atoms with Crippen molar-refractivity contribution < 1.29 is 14.4 Å². The lowest BCUT2D eigenvalue weighted by Gasteiger charge is -2.05. The van der Waals surface area contributed by atoms with Gasteiger partial charge >= 0.3 is 5.78 Å². The van der Waals surface area contributed by atoms with Gasteiger partial charge in [-0.15, -0.1) is 0 Å². The molecule has 2 heterocycles. The maximum Gasteiger partial charge on any atom is 0.403 e. The van der Waals surface area contributed by atoms with Crippen LogP contribution in [0.1, 0.15) is 11.3 Å². The maximum atomic E-state index is 9.63. The van der Waals surface area contributed by atoms with Crippen LogP contribution in [-0.4, -0.2) is 21.6 Å². The van der Waals surface area contributed by atoms with Gasteiger partial charge in [0, 0.05) is 12.5 Å². The number of rotatable bonds is 3. The van der Waals surface area contributed by atoms with E-state index < -0.39 is 0 Å². The highest BCUT2D eigenvalue weighted by Gasteiger charge is 2.14. The number of hydrogen-bond acceptors (Lipinski definition) is 3. The van der Waals surface area contributed by atoms with E-state index in [-0.39, 0.29) is 5.75 Å². The molecule has 2 aromatic heterocycles. The molecule has 0 aliphatic rings. The third-order valence-corrected chi connectivity index (χ3v) is 3.32. The Hall–Kier alpha value is -2.56. The van der Waals surface area contributed by atoms with Gasteiger partial charge in [-0.05, 0) is 17.7 Å². The van der Waals surface area contributed by atoms with Crippen LogP contribution in [-0.2, 0) is 13.5 Å². The van der Waals surface area contributed by atoms with Gasteiger partial charge in [0.25, 0.3) is 0 Å². The summed E-state index contributed by atoms with van der Waals surface area (Å²) in [6, 6.07) is 7.31. The van der Waals surface area contributed by atoms with E-state index in [0.29, 0.717) is 5.75 Å². The largest absolute Gasteiger partial charge is 0.504 e. The quantitative estimate of drug-likeness (QED) is 0.733. The van der Waals surface area contributed by atoms with E-state index in [9.17, 15) is 5.11 Å². The molecular weight excluding hydrogens is 254 g/mol. The minimum atomic E-state index is 0.156. The van der Waals surface area contributed by atoms with Crippen LogP contribution in [0.3, 0.4) is 0 Å². The maximum absolute atomic E-state index is 9.63. The van der Waals surface area contributed by atoms with Gasteiger partial charge < -0.3 is 9.84 Å². The summed E-state index contributed by atoms with van der Waals surface area (Å²) in [4.78, 5) is 4.35. The number of benzene rings is 1. The van der Waals surface area contributed by atoms with Crippen molar-refractivity contribution in [2.24, 2.45) is 7.05 Å². The molecule has 1 aromatic carbocycles. The number of phenols is 1. The molecule has 102 valence electrons. The van der Waals surface area contributed by atoms with Gasteiger partial charge in [-0.1, -0.05) is 11.1 Å². The topological polar surface area (TPSA) is 50.6 Å². The molecule has 0 unspecified atom stereocenters. The van der Waals surface area contributed by atoms with Crippen LogP contribution in [0.25, 0.3) is 5.78 Å². The number of methoxy groups -OCH3 is 1. The first kappa shape index (κ1) is 12.5. The monoisotopic (exact) mass is 270 g/mol. The first-order valence-corrected chi connectivity index (χ1v) is 6.35. The highest BCUT2D eigenvalue weighted by atomic mass is 16.5. The average molecular weight is 270 g/mol. The Kier molecular flexibility index (Phi) is 3.02. The van der Waals surface area contributed by atoms with Crippen LogP contribution < -0.4 is 9.30 Å². The molecule has 0 spiro atoms. The second-order valence-corrected chi connectivity index (χ2v) is 4.70. The number of nitrogens with zero attached hydrogens (tertiary/aromatic N) is 3. The second kappa shape index (κ2) is 4.85. The minimum absolute atomic E-state index is 0.156. The molecule has 0 fully saturated rings. The summed E-state index contributed by atoms with van der Waals surface area (Å²) < 4.78 is 9.19. The van der Waals surface area contributed by atoms with Crippen molar-refractivity contribution >= 4 is 5.78 Å². The first-order chi connectivity index (χ1) is 9.69. The highest BCUT2D eigenvalue weighted by Crippen LogP contribution is 2.27. The Morgan fingerprint density at radius 3 is 3.05 bits per heavy atom. The highest BCUT2D eigenvalue weighted by molar-refractivity contribution is 5.43. The molecule has 0 saturated carbocycles. The molecule has 5 nitrogen and oxygen atoms in total. The van der Waals surface area contributed by atoms with E-state index in [1.165, 1.54) is 0 Å². The normalized spacial score (nSPS) is 10.9. The number of aryl methyl sites for hydroxylation is 1. The van der Waals surface area contributed by atoms with E-state index >= 15 is 0 Å². The molecular formula is C15H16N3O2+. The standard InChI is InChI=1S/C15H15N3O2/c1-17-10-12(18-7-3-6-16-15(17)18)8-11-4-5-13(19)14(9-11)20-2/h3-7,9-10H,8H2,1-2H3/p+1. The SMILES string of the molecule is COc1cc(Cc2c[n+](C)c3ncccn23)ccc1O.